The Balaban J connectivity index is 0.00000239. The molecule has 0 aliphatic rings. The van der Waals surface area contributed by atoms with Crippen molar-refractivity contribution in [1.29, 1.82) is 0 Å². The number of aromatic nitrogens is 2. The number of aryl methyl sites for hydroxylation is 1. The summed E-state index contributed by atoms with van der Waals surface area (Å²) in [5.41, 5.74) is 13.9. The molecule has 2 atom stereocenters. The number of amides is 2. The minimum absolute atomic E-state index is 0.00878. The number of hydrogen-bond acceptors (Lipinski definition) is 3. The zero-order valence-corrected chi connectivity index (χ0v) is 27.6. The number of allylic oxidation sites excluding steroid dienone is 5. The lowest BCUT2D eigenvalue weighted by Gasteiger charge is -2.27. The van der Waals surface area contributed by atoms with Crippen molar-refractivity contribution in [2.45, 2.75) is 81.0 Å². The van der Waals surface area contributed by atoms with Crippen LogP contribution in [0.5, 0.6) is 0 Å². The van der Waals surface area contributed by atoms with Gasteiger partial charge in [0.25, 0.3) is 0 Å². The van der Waals surface area contributed by atoms with E-state index in [-0.39, 0.29) is 31.2 Å². The predicted octanol–water partition coefficient (Wildman–Crippen LogP) is 8.24. The summed E-state index contributed by atoms with van der Waals surface area (Å²) >= 11 is 0. The van der Waals surface area contributed by atoms with Crippen LogP contribution in [-0.2, 0) is 16.1 Å². The van der Waals surface area contributed by atoms with Crippen molar-refractivity contribution in [3.05, 3.63) is 107 Å². The molecule has 0 aliphatic heterocycles. The highest BCUT2D eigenvalue weighted by Crippen LogP contribution is 2.39. The molecule has 0 spiro atoms. The van der Waals surface area contributed by atoms with Crippen LogP contribution in [-0.4, -0.2) is 34.3 Å². The van der Waals surface area contributed by atoms with Gasteiger partial charge in [-0.15, -0.1) is 0 Å². The van der Waals surface area contributed by atoms with Crippen LogP contribution < -0.4 is 11.1 Å². The third-order valence-electron chi connectivity index (χ3n) is 6.78. The van der Waals surface area contributed by atoms with Crippen molar-refractivity contribution < 1.29 is 22.8 Å². The maximum absolute atomic E-state index is 12.1. The number of nitrogens with zero attached hydrogens (tertiary/aromatic N) is 2. The third kappa shape index (κ3) is 13.9. The number of nitrogens with two attached hydrogens (primary N) is 1. The molecule has 2 amide bonds. The summed E-state index contributed by atoms with van der Waals surface area (Å²) in [6.07, 6.45) is 4.51. The highest BCUT2D eigenvalue weighted by molar-refractivity contribution is 5.89. The number of rotatable bonds is 12. The molecule has 0 saturated heterocycles. The van der Waals surface area contributed by atoms with Crippen LogP contribution in [0.3, 0.4) is 0 Å². The number of halogens is 3. The Kier molecular flexibility index (Phi) is 17.4. The van der Waals surface area contributed by atoms with Crippen molar-refractivity contribution in [2.75, 3.05) is 6.54 Å². The maximum atomic E-state index is 12.1. The van der Waals surface area contributed by atoms with Gasteiger partial charge in [0.15, 0.2) is 0 Å². The lowest BCUT2D eigenvalue weighted by Crippen LogP contribution is -2.25. The van der Waals surface area contributed by atoms with Gasteiger partial charge in [-0.3, -0.25) is 14.3 Å². The second kappa shape index (κ2) is 19.2. The molecule has 0 radical (unpaired) electrons. The lowest BCUT2D eigenvalue weighted by atomic mass is 9.78. The van der Waals surface area contributed by atoms with Crippen LogP contribution in [0.15, 0.2) is 90.3 Å². The Hall–Kier alpha value is -4.14. The number of hydrogen-bond donors (Lipinski definition) is 2. The van der Waals surface area contributed by atoms with Gasteiger partial charge in [-0.1, -0.05) is 94.0 Å². The van der Waals surface area contributed by atoms with Gasteiger partial charge in [-0.2, -0.15) is 18.3 Å². The highest BCUT2D eigenvalue weighted by Gasteiger charge is 2.24. The van der Waals surface area contributed by atoms with Gasteiger partial charge in [-0.05, 0) is 67.9 Å². The molecule has 0 bridgehead atoms. The van der Waals surface area contributed by atoms with Crippen LogP contribution in [0, 0.1) is 12.8 Å². The number of primary amides is 1. The fourth-order valence-electron chi connectivity index (χ4n) is 4.33. The van der Waals surface area contributed by atoms with Gasteiger partial charge in [0, 0.05) is 25.2 Å². The first-order valence-corrected chi connectivity index (χ1v) is 14.5. The molecule has 242 valence electrons. The minimum atomic E-state index is -4.00. The minimum Gasteiger partial charge on any atom is -0.368 e. The Labute approximate surface area is 261 Å². The Morgan fingerprint density at radius 3 is 2.09 bits per heavy atom. The summed E-state index contributed by atoms with van der Waals surface area (Å²) in [7, 11) is 0. The molecule has 2 rings (SSSR count). The monoisotopic (exact) mass is 614 g/mol. The van der Waals surface area contributed by atoms with Crippen molar-refractivity contribution in [2.24, 2.45) is 11.7 Å². The van der Waals surface area contributed by atoms with Gasteiger partial charge >= 0.3 is 6.18 Å². The van der Waals surface area contributed by atoms with E-state index in [1.54, 1.807) is 12.3 Å². The van der Waals surface area contributed by atoms with E-state index >= 15 is 0 Å². The fourth-order valence-corrected chi connectivity index (χ4v) is 4.33. The molecule has 1 aromatic heterocycles. The van der Waals surface area contributed by atoms with E-state index in [0.29, 0.717) is 6.54 Å². The number of benzene rings is 1. The van der Waals surface area contributed by atoms with Gasteiger partial charge in [0.2, 0.25) is 11.8 Å². The zero-order valence-electron chi connectivity index (χ0n) is 27.6. The largest absolute Gasteiger partial charge is 0.386 e. The lowest BCUT2D eigenvalue weighted by molar-refractivity contribution is -0.119. The molecule has 0 fully saturated rings. The van der Waals surface area contributed by atoms with Gasteiger partial charge < -0.3 is 11.1 Å². The van der Waals surface area contributed by atoms with Crippen LogP contribution in [0.1, 0.15) is 78.0 Å². The average Bonchev–Trinajstić information content (AvgIpc) is 3.40. The number of carbonyl (C=O) groups excluding carboxylic acids is 2. The highest BCUT2D eigenvalue weighted by atomic mass is 19.4. The summed E-state index contributed by atoms with van der Waals surface area (Å²) < 4.78 is 32.6. The number of carbonyl (C=O) groups is 2. The van der Waals surface area contributed by atoms with E-state index in [4.69, 9.17) is 5.73 Å². The molecule has 0 saturated carbocycles. The molecule has 2 unspecified atom stereocenters. The quantitative estimate of drug-likeness (QED) is 0.186. The predicted molar refractivity (Wildman–Crippen MR) is 176 cm³/mol. The second-order valence-electron chi connectivity index (χ2n) is 10.4. The summed E-state index contributed by atoms with van der Waals surface area (Å²) in [5, 5.41) is 7.30. The Bertz CT molecular complexity index is 1340. The number of alkyl halides is 3. The first-order chi connectivity index (χ1) is 20.5. The SMILES string of the molecule is C=C/C=C(\C(C(CNC(=O)C=C)=C(C)C)=C(/C)C(C)C(C)c1ccc(C)cc1)c1cnn(CC(N)=O)c1.CC.CC(F)(F)F. The summed E-state index contributed by atoms with van der Waals surface area (Å²) in [4.78, 5) is 23.6. The molecule has 9 heteroatoms. The van der Waals surface area contributed by atoms with Gasteiger partial charge in [-0.25, -0.2) is 0 Å². The smallest absolute Gasteiger partial charge is 0.368 e. The molecule has 6 nitrogen and oxygen atoms in total. The molecular weight excluding hydrogens is 565 g/mol. The van der Waals surface area contributed by atoms with Crippen LogP contribution in [0.25, 0.3) is 5.57 Å². The van der Waals surface area contributed by atoms with E-state index in [2.05, 4.69) is 75.5 Å². The maximum Gasteiger partial charge on any atom is 0.386 e. The van der Waals surface area contributed by atoms with Crippen LogP contribution >= 0.6 is 0 Å². The molecule has 3 N–H and O–H groups in total. The topological polar surface area (TPSA) is 90.0 Å². The summed E-state index contributed by atoms with van der Waals surface area (Å²) in [5.74, 6) is -0.274. The van der Waals surface area contributed by atoms with Gasteiger partial charge in [0.05, 0.1) is 6.20 Å². The average molecular weight is 615 g/mol. The van der Waals surface area contributed by atoms with E-state index < -0.39 is 12.1 Å². The third-order valence-corrected chi connectivity index (χ3v) is 6.78. The Morgan fingerprint density at radius 1 is 1.09 bits per heavy atom. The normalized spacial score (nSPS) is 13.0. The van der Waals surface area contributed by atoms with E-state index in [1.807, 2.05) is 40.0 Å². The van der Waals surface area contributed by atoms with Crippen molar-refractivity contribution in [3.63, 3.8) is 0 Å². The van der Waals surface area contributed by atoms with Crippen molar-refractivity contribution >= 4 is 17.4 Å². The first kappa shape index (κ1) is 39.9. The summed E-state index contributed by atoms with van der Waals surface area (Å²) in [6, 6.07) is 8.65. The second-order valence-corrected chi connectivity index (χ2v) is 10.4. The van der Waals surface area contributed by atoms with Crippen LogP contribution in [0.2, 0.25) is 0 Å². The standard InChI is InChI=1S/C31H40N4O2.C2H3F3.C2H6/c1-9-11-27(26-16-34-35(18-26)19-29(32)36)31(28(20(3)4)17-33-30(37)10-2)24(8)22(6)23(7)25-14-12-21(5)13-15-25;1-2(3,4)5;1-2/h9-16,18,22-23H,1-2,17,19H2,3-8H3,(H2,32,36)(H,33,37);1H3;1-2H3/b27-11-,31-24-;;. The molecule has 2 aromatic rings. The molecule has 1 aromatic carbocycles. The fraction of sp³-hybridized carbons (Fsp3) is 0.400. The van der Waals surface area contributed by atoms with E-state index in [0.717, 1.165) is 27.9 Å². The molecule has 44 heavy (non-hydrogen) atoms. The van der Waals surface area contributed by atoms with E-state index in [9.17, 15) is 22.8 Å². The summed E-state index contributed by atoms with van der Waals surface area (Å²) in [6.45, 7) is 24.8. The van der Waals surface area contributed by atoms with Gasteiger partial charge in [0.1, 0.15) is 6.54 Å². The first-order valence-electron chi connectivity index (χ1n) is 14.5. The molecular formula is C35H49F3N4O2. The van der Waals surface area contributed by atoms with Crippen LogP contribution in [0.4, 0.5) is 13.2 Å². The Morgan fingerprint density at radius 2 is 1.64 bits per heavy atom. The van der Waals surface area contributed by atoms with Crippen molar-refractivity contribution in [3.8, 4) is 0 Å². The zero-order chi connectivity index (χ0) is 34.2. The number of nitrogens with one attached hydrogen (secondary N) is 1. The van der Waals surface area contributed by atoms with E-state index in [1.165, 1.54) is 27.5 Å². The van der Waals surface area contributed by atoms with Crippen molar-refractivity contribution in [1.82, 2.24) is 15.1 Å². The molecule has 1 heterocycles. The molecule has 0 aliphatic carbocycles.